The van der Waals surface area contributed by atoms with Gasteiger partial charge in [0.15, 0.2) is 0 Å². The molecule has 2 aromatic carbocycles. The van der Waals surface area contributed by atoms with Crippen LogP contribution in [0, 0.1) is 0 Å². The van der Waals surface area contributed by atoms with Crippen molar-refractivity contribution in [2.24, 2.45) is 0 Å². The predicted molar refractivity (Wildman–Crippen MR) is 76.7 cm³/mol. The number of benzene rings is 2. The second-order valence-corrected chi connectivity index (χ2v) is 5.48. The zero-order valence-electron chi connectivity index (χ0n) is 11.3. The van der Waals surface area contributed by atoms with Crippen LogP contribution in [-0.4, -0.2) is 17.3 Å². The second-order valence-electron chi connectivity index (χ2n) is 5.48. The first-order chi connectivity index (χ1) is 8.53. The van der Waals surface area contributed by atoms with E-state index >= 15 is 0 Å². The molecule has 0 spiro atoms. The maximum atomic E-state index is 9.34. The van der Waals surface area contributed by atoms with Crippen LogP contribution < -0.4 is 5.32 Å². The molecule has 18 heavy (non-hydrogen) atoms. The average molecular weight is 243 g/mol. The van der Waals surface area contributed by atoms with Gasteiger partial charge in [0.25, 0.3) is 0 Å². The van der Waals surface area contributed by atoms with Gasteiger partial charge in [0.2, 0.25) is 0 Å². The Balaban J connectivity index is 2.36. The molecule has 1 unspecified atom stereocenters. The lowest BCUT2D eigenvalue weighted by Crippen LogP contribution is -2.43. The number of nitrogens with one attached hydrogen (secondary N) is 1. The first-order valence-corrected chi connectivity index (χ1v) is 6.40. The van der Waals surface area contributed by atoms with E-state index < -0.39 is 0 Å². The quantitative estimate of drug-likeness (QED) is 0.864. The second kappa shape index (κ2) is 5.09. The van der Waals surface area contributed by atoms with Gasteiger partial charge in [-0.1, -0.05) is 42.5 Å². The van der Waals surface area contributed by atoms with E-state index in [4.69, 9.17) is 0 Å². The summed E-state index contributed by atoms with van der Waals surface area (Å²) in [6.45, 7) is 6.28. The Morgan fingerprint density at radius 2 is 1.78 bits per heavy atom. The summed E-state index contributed by atoms with van der Waals surface area (Å²) in [6, 6.07) is 15.0. The number of aliphatic hydroxyl groups excluding tert-OH is 1. The standard InChI is InChI=1S/C16H21NO/c1-12(17-16(2,3)11-18)14-10-6-8-13-7-4-5-9-15(13)14/h4-10,12,17-18H,11H2,1-3H3. The highest BCUT2D eigenvalue weighted by molar-refractivity contribution is 5.86. The molecule has 0 saturated heterocycles. The van der Waals surface area contributed by atoms with Crippen LogP contribution in [0.15, 0.2) is 42.5 Å². The molecule has 2 nitrogen and oxygen atoms in total. The molecule has 0 aliphatic rings. The molecule has 0 radical (unpaired) electrons. The summed E-state index contributed by atoms with van der Waals surface area (Å²) in [4.78, 5) is 0. The van der Waals surface area contributed by atoms with Crippen molar-refractivity contribution in [2.45, 2.75) is 32.4 Å². The molecule has 0 fully saturated rings. The number of rotatable bonds is 4. The number of hydrogen-bond donors (Lipinski definition) is 2. The Labute approximate surface area is 109 Å². The molecular weight excluding hydrogens is 222 g/mol. The van der Waals surface area contributed by atoms with Crippen LogP contribution in [0.1, 0.15) is 32.4 Å². The molecule has 1 atom stereocenters. The van der Waals surface area contributed by atoms with Crippen LogP contribution >= 0.6 is 0 Å². The van der Waals surface area contributed by atoms with Crippen molar-refractivity contribution >= 4 is 10.8 Å². The Hall–Kier alpha value is -1.38. The highest BCUT2D eigenvalue weighted by Gasteiger charge is 2.20. The van der Waals surface area contributed by atoms with Gasteiger partial charge in [0.05, 0.1) is 6.61 Å². The maximum absolute atomic E-state index is 9.34. The first-order valence-electron chi connectivity index (χ1n) is 6.40. The van der Waals surface area contributed by atoms with Gasteiger partial charge in [-0.05, 0) is 37.1 Å². The van der Waals surface area contributed by atoms with Crippen LogP contribution in [0.2, 0.25) is 0 Å². The van der Waals surface area contributed by atoms with Gasteiger partial charge in [-0.25, -0.2) is 0 Å². The molecule has 0 aliphatic carbocycles. The highest BCUT2D eigenvalue weighted by Crippen LogP contribution is 2.25. The fourth-order valence-corrected chi connectivity index (χ4v) is 2.34. The van der Waals surface area contributed by atoms with Crippen molar-refractivity contribution in [3.05, 3.63) is 48.0 Å². The predicted octanol–water partition coefficient (Wildman–Crippen LogP) is 3.26. The normalized spacial score (nSPS) is 13.8. The van der Waals surface area contributed by atoms with Crippen LogP contribution in [0.25, 0.3) is 10.8 Å². The minimum absolute atomic E-state index is 0.127. The first kappa shape index (κ1) is 13.1. The van der Waals surface area contributed by atoms with Gasteiger partial charge < -0.3 is 10.4 Å². The summed E-state index contributed by atoms with van der Waals surface area (Å²) < 4.78 is 0. The third-order valence-corrected chi connectivity index (χ3v) is 3.29. The van der Waals surface area contributed by atoms with E-state index in [0.717, 1.165) is 0 Å². The van der Waals surface area contributed by atoms with Crippen molar-refractivity contribution in [1.82, 2.24) is 5.32 Å². The summed E-state index contributed by atoms with van der Waals surface area (Å²) in [7, 11) is 0. The zero-order chi connectivity index (χ0) is 13.2. The summed E-state index contributed by atoms with van der Waals surface area (Å²) in [5.41, 5.74) is 1.01. The fourth-order valence-electron chi connectivity index (χ4n) is 2.34. The number of hydrogen-bond acceptors (Lipinski definition) is 2. The molecule has 2 N–H and O–H groups in total. The highest BCUT2D eigenvalue weighted by atomic mass is 16.3. The molecule has 0 amide bonds. The van der Waals surface area contributed by atoms with Gasteiger partial charge in [0, 0.05) is 11.6 Å². The van der Waals surface area contributed by atoms with E-state index in [0.29, 0.717) is 0 Å². The fraction of sp³-hybridized carbons (Fsp3) is 0.375. The Morgan fingerprint density at radius 3 is 2.50 bits per heavy atom. The topological polar surface area (TPSA) is 32.3 Å². The molecule has 2 rings (SSSR count). The molecule has 2 heteroatoms. The maximum Gasteiger partial charge on any atom is 0.0608 e. The molecule has 96 valence electrons. The average Bonchev–Trinajstić information content (AvgIpc) is 2.37. The van der Waals surface area contributed by atoms with Crippen molar-refractivity contribution in [2.75, 3.05) is 6.61 Å². The van der Waals surface area contributed by atoms with E-state index in [1.807, 2.05) is 13.8 Å². The summed E-state index contributed by atoms with van der Waals surface area (Å²) in [5, 5.41) is 15.3. The lowest BCUT2D eigenvalue weighted by Gasteiger charge is -2.29. The van der Waals surface area contributed by atoms with Crippen molar-refractivity contribution in [1.29, 1.82) is 0 Å². The summed E-state index contributed by atoms with van der Waals surface area (Å²) >= 11 is 0. The lowest BCUT2D eigenvalue weighted by atomic mass is 9.97. The third kappa shape index (κ3) is 2.71. The van der Waals surface area contributed by atoms with Crippen molar-refractivity contribution in [3.63, 3.8) is 0 Å². The Bertz CT molecular complexity index is 528. The molecular formula is C16H21NO. The monoisotopic (exact) mass is 243 g/mol. The van der Waals surface area contributed by atoms with E-state index in [1.165, 1.54) is 16.3 Å². The molecule has 0 aromatic heterocycles. The Kier molecular flexibility index (Phi) is 3.69. The summed E-state index contributed by atoms with van der Waals surface area (Å²) in [6.07, 6.45) is 0. The number of aliphatic hydroxyl groups is 1. The third-order valence-electron chi connectivity index (χ3n) is 3.29. The molecule has 0 bridgehead atoms. The van der Waals surface area contributed by atoms with Gasteiger partial charge in [-0.15, -0.1) is 0 Å². The van der Waals surface area contributed by atoms with Crippen molar-refractivity contribution < 1.29 is 5.11 Å². The Morgan fingerprint density at radius 1 is 1.11 bits per heavy atom. The van der Waals surface area contributed by atoms with E-state index in [1.54, 1.807) is 0 Å². The van der Waals surface area contributed by atoms with Gasteiger partial charge in [-0.3, -0.25) is 0 Å². The minimum atomic E-state index is -0.267. The van der Waals surface area contributed by atoms with E-state index in [-0.39, 0.29) is 18.2 Å². The molecule has 0 heterocycles. The SMILES string of the molecule is CC(NC(C)(C)CO)c1cccc2ccccc12. The van der Waals surface area contributed by atoms with Crippen LogP contribution in [0.3, 0.4) is 0 Å². The van der Waals surface area contributed by atoms with E-state index in [9.17, 15) is 5.11 Å². The zero-order valence-corrected chi connectivity index (χ0v) is 11.3. The smallest absolute Gasteiger partial charge is 0.0608 e. The molecule has 0 saturated carbocycles. The van der Waals surface area contributed by atoms with Crippen molar-refractivity contribution in [3.8, 4) is 0 Å². The van der Waals surface area contributed by atoms with Gasteiger partial charge >= 0.3 is 0 Å². The molecule has 2 aromatic rings. The largest absolute Gasteiger partial charge is 0.394 e. The van der Waals surface area contributed by atoms with Gasteiger partial charge in [0.1, 0.15) is 0 Å². The van der Waals surface area contributed by atoms with Gasteiger partial charge in [-0.2, -0.15) is 0 Å². The summed E-state index contributed by atoms with van der Waals surface area (Å²) in [5.74, 6) is 0. The van der Waals surface area contributed by atoms with Crippen LogP contribution in [0.5, 0.6) is 0 Å². The minimum Gasteiger partial charge on any atom is -0.394 e. The molecule has 0 aliphatic heterocycles. The van der Waals surface area contributed by atoms with Crippen LogP contribution in [-0.2, 0) is 0 Å². The van der Waals surface area contributed by atoms with E-state index in [2.05, 4.69) is 54.7 Å². The number of fused-ring (bicyclic) bond motifs is 1. The lowest BCUT2D eigenvalue weighted by molar-refractivity contribution is 0.178. The van der Waals surface area contributed by atoms with Crippen LogP contribution in [0.4, 0.5) is 0 Å².